The molecule has 0 spiro atoms. The van der Waals surface area contributed by atoms with Gasteiger partial charge in [0.2, 0.25) is 5.91 Å². The van der Waals surface area contributed by atoms with Crippen molar-refractivity contribution in [2.75, 3.05) is 6.54 Å². The minimum Gasteiger partial charge on any atom is -0.346 e. The third kappa shape index (κ3) is 2.19. The van der Waals surface area contributed by atoms with Gasteiger partial charge in [0.15, 0.2) is 5.82 Å². The van der Waals surface area contributed by atoms with Crippen LogP contribution in [0.5, 0.6) is 0 Å². The van der Waals surface area contributed by atoms with Gasteiger partial charge < -0.3 is 10.6 Å². The minimum atomic E-state index is -0.209. The molecule has 1 saturated heterocycles. The Hall–Kier alpha value is -1.50. The van der Waals surface area contributed by atoms with Crippen LogP contribution >= 0.6 is 0 Å². The average molecular weight is 224 g/mol. The lowest BCUT2D eigenvalue weighted by molar-refractivity contribution is -0.125. The first kappa shape index (κ1) is 11.0. The van der Waals surface area contributed by atoms with Crippen LogP contribution in [0.25, 0.3) is 0 Å². The van der Waals surface area contributed by atoms with Gasteiger partial charge in [-0.1, -0.05) is 5.21 Å². The number of rotatable bonds is 3. The van der Waals surface area contributed by atoms with Crippen molar-refractivity contribution in [3.05, 3.63) is 5.82 Å². The highest BCUT2D eigenvalue weighted by molar-refractivity contribution is 5.80. The second kappa shape index (κ2) is 4.56. The van der Waals surface area contributed by atoms with Gasteiger partial charge in [-0.2, -0.15) is 5.21 Å². The van der Waals surface area contributed by atoms with E-state index < -0.39 is 0 Å². The summed E-state index contributed by atoms with van der Waals surface area (Å²) in [5.74, 6) is 0.594. The van der Waals surface area contributed by atoms with Crippen LogP contribution in [0.3, 0.4) is 0 Å². The summed E-state index contributed by atoms with van der Waals surface area (Å²) >= 11 is 0. The van der Waals surface area contributed by atoms with Crippen LogP contribution < -0.4 is 10.6 Å². The van der Waals surface area contributed by atoms with Crippen LogP contribution in [0.4, 0.5) is 0 Å². The molecular weight excluding hydrogens is 208 g/mol. The topological polar surface area (TPSA) is 95.6 Å². The van der Waals surface area contributed by atoms with Crippen molar-refractivity contribution in [1.82, 2.24) is 31.3 Å². The number of nitrogens with one attached hydrogen (secondary N) is 3. The van der Waals surface area contributed by atoms with Crippen LogP contribution in [0.15, 0.2) is 0 Å². The monoisotopic (exact) mass is 224 g/mol. The summed E-state index contributed by atoms with van der Waals surface area (Å²) in [4.78, 5) is 11.9. The van der Waals surface area contributed by atoms with Crippen molar-refractivity contribution >= 4 is 5.91 Å². The Kier molecular flexibility index (Phi) is 3.14. The molecule has 7 heteroatoms. The maximum atomic E-state index is 11.9. The molecule has 0 saturated carbocycles. The molecule has 1 aromatic heterocycles. The van der Waals surface area contributed by atoms with E-state index in [9.17, 15) is 4.79 Å². The van der Waals surface area contributed by atoms with Gasteiger partial charge in [0.25, 0.3) is 0 Å². The SMILES string of the molecule is CC(NC(=O)C1CCNC1C)c1nn[nH]n1. The summed E-state index contributed by atoms with van der Waals surface area (Å²) in [5, 5.41) is 19.6. The minimum absolute atomic E-state index is 0.0364. The molecule has 2 rings (SSSR count). The summed E-state index contributed by atoms with van der Waals surface area (Å²) in [5.41, 5.74) is 0. The maximum Gasteiger partial charge on any atom is 0.225 e. The van der Waals surface area contributed by atoms with Crippen molar-refractivity contribution < 1.29 is 4.79 Å². The lowest BCUT2D eigenvalue weighted by atomic mass is 10.0. The van der Waals surface area contributed by atoms with Crippen LogP contribution in [0.1, 0.15) is 32.1 Å². The molecule has 0 bridgehead atoms. The van der Waals surface area contributed by atoms with E-state index in [1.807, 2.05) is 13.8 Å². The first-order valence-electron chi connectivity index (χ1n) is 5.45. The molecule has 88 valence electrons. The second-order valence-corrected chi connectivity index (χ2v) is 4.14. The summed E-state index contributed by atoms with van der Waals surface area (Å²) in [7, 11) is 0. The fraction of sp³-hybridized carbons (Fsp3) is 0.778. The lowest BCUT2D eigenvalue weighted by Crippen LogP contribution is -2.38. The fourth-order valence-corrected chi connectivity index (χ4v) is 1.95. The molecule has 1 amide bonds. The zero-order valence-electron chi connectivity index (χ0n) is 9.40. The van der Waals surface area contributed by atoms with E-state index in [-0.39, 0.29) is 23.9 Å². The highest BCUT2D eigenvalue weighted by atomic mass is 16.2. The first-order chi connectivity index (χ1) is 7.68. The molecular formula is C9H16N6O. The highest BCUT2D eigenvalue weighted by Gasteiger charge is 2.30. The molecule has 3 unspecified atom stereocenters. The summed E-state index contributed by atoms with van der Waals surface area (Å²) in [6, 6.07) is 0.0246. The van der Waals surface area contributed by atoms with Gasteiger partial charge in [-0.3, -0.25) is 4.79 Å². The van der Waals surface area contributed by atoms with Crippen LogP contribution in [-0.2, 0) is 4.79 Å². The van der Waals surface area contributed by atoms with Gasteiger partial charge in [0, 0.05) is 6.04 Å². The van der Waals surface area contributed by atoms with Gasteiger partial charge in [-0.05, 0) is 26.8 Å². The molecule has 1 aliphatic rings. The van der Waals surface area contributed by atoms with Gasteiger partial charge >= 0.3 is 0 Å². The number of aromatic amines is 1. The van der Waals surface area contributed by atoms with Crippen LogP contribution in [-0.4, -0.2) is 39.1 Å². The van der Waals surface area contributed by atoms with Crippen LogP contribution in [0.2, 0.25) is 0 Å². The van der Waals surface area contributed by atoms with E-state index in [1.54, 1.807) is 0 Å². The Morgan fingerprint density at radius 3 is 3.00 bits per heavy atom. The Balaban J connectivity index is 1.92. The molecule has 3 N–H and O–H groups in total. The quantitative estimate of drug-likeness (QED) is 0.635. The van der Waals surface area contributed by atoms with Gasteiger partial charge in [0.1, 0.15) is 0 Å². The molecule has 1 fully saturated rings. The first-order valence-corrected chi connectivity index (χ1v) is 5.45. The fourth-order valence-electron chi connectivity index (χ4n) is 1.95. The number of amides is 1. The maximum absolute atomic E-state index is 11.9. The van der Waals surface area contributed by atoms with E-state index in [1.165, 1.54) is 0 Å². The van der Waals surface area contributed by atoms with E-state index >= 15 is 0 Å². The van der Waals surface area contributed by atoms with Gasteiger partial charge in [-0.25, -0.2) is 0 Å². The average Bonchev–Trinajstić information content (AvgIpc) is 2.86. The Morgan fingerprint density at radius 2 is 2.44 bits per heavy atom. The standard InChI is InChI=1S/C9H16N6O/c1-5-7(3-4-10-5)9(16)11-6(2)8-12-14-15-13-8/h5-7,10H,3-4H2,1-2H3,(H,11,16)(H,12,13,14,15). The molecule has 1 aromatic rings. The Labute approximate surface area is 93.4 Å². The van der Waals surface area contributed by atoms with E-state index in [2.05, 4.69) is 31.3 Å². The van der Waals surface area contributed by atoms with Gasteiger partial charge in [0.05, 0.1) is 12.0 Å². The van der Waals surface area contributed by atoms with Crippen LogP contribution in [0, 0.1) is 5.92 Å². The number of hydrogen-bond acceptors (Lipinski definition) is 5. The van der Waals surface area contributed by atoms with Crippen molar-refractivity contribution in [2.24, 2.45) is 5.92 Å². The smallest absolute Gasteiger partial charge is 0.225 e. The lowest BCUT2D eigenvalue weighted by Gasteiger charge is -2.17. The zero-order valence-corrected chi connectivity index (χ0v) is 9.40. The number of carbonyl (C=O) groups is 1. The molecule has 3 atom stereocenters. The van der Waals surface area contributed by atoms with Crippen molar-refractivity contribution in [1.29, 1.82) is 0 Å². The number of nitrogens with zero attached hydrogens (tertiary/aromatic N) is 3. The van der Waals surface area contributed by atoms with E-state index in [0.717, 1.165) is 13.0 Å². The second-order valence-electron chi connectivity index (χ2n) is 4.14. The molecule has 0 radical (unpaired) electrons. The van der Waals surface area contributed by atoms with Crippen molar-refractivity contribution in [2.45, 2.75) is 32.4 Å². The summed E-state index contributed by atoms with van der Waals surface area (Å²) < 4.78 is 0. The van der Waals surface area contributed by atoms with Crippen molar-refractivity contribution in [3.63, 3.8) is 0 Å². The third-order valence-electron chi connectivity index (χ3n) is 2.97. The van der Waals surface area contributed by atoms with Crippen molar-refractivity contribution in [3.8, 4) is 0 Å². The normalized spacial score (nSPS) is 26.6. The number of tetrazole rings is 1. The summed E-state index contributed by atoms with van der Waals surface area (Å²) in [6.45, 7) is 4.77. The molecule has 0 aliphatic carbocycles. The molecule has 1 aliphatic heterocycles. The number of H-pyrrole nitrogens is 1. The predicted molar refractivity (Wildman–Crippen MR) is 56.3 cm³/mol. The largest absolute Gasteiger partial charge is 0.346 e. The number of hydrogen-bond donors (Lipinski definition) is 3. The highest BCUT2D eigenvalue weighted by Crippen LogP contribution is 2.16. The predicted octanol–water partition coefficient (Wildman–Crippen LogP) is -0.625. The number of carbonyl (C=O) groups excluding carboxylic acids is 1. The Morgan fingerprint density at radius 1 is 1.62 bits per heavy atom. The third-order valence-corrected chi connectivity index (χ3v) is 2.97. The molecule has 16 heavy (non-hydrogen) atoms. The van der Waals surface area contributed by atoms with E-state index in [4.69, 9.17) is 0 Å². The Bertz CT molecular complexity index is 351. The molecule has 7 nitrogen and oxygen atoms in total. The molecule has 0 aromatic carbocycles. The van der Waals surface area contributed by atoms with E-state index in [0.29, 0.717) is 5.82 Å². The zero-order chi connectivity index (χ0) is 11.5. The molecule has 2 heterocycles. The summed E-state index contributed by atoms with van der Waals surface area (Å²) in [6.07, 6.45) is 0.881. The number of aromatic nitrogens is 4. The van der Waals surface area contributed by atoms with Gasteiger partial charge in [-0.15, -0.1) is 10.2 Å².